The quantitative estimate of drug-likeness (QED) is 0.214. The van der Waals surface area contributed by atoms with Gasteiger partial charge in [0.1, 0.15) is 23.6 Å². The lowest BCUT2D eigenvalue weighted by atomic mass is 9.84. The highest BCUT2D eigenvalue weighted by Gasteiger charge is 2.54. The van der Waals surface area contributed by atoms with Crippen molar-refractivity contribution in [3.8, 4) is 11.3 Å². The van der Waals surface area contributed by atoms with Gasteiger partial charge in [0.15, 0.2) is 6.10 Å². The number of nitrogens with one attached hydrogen (secondary N) is 3. The summed E-state index contributed by atoms with van der Waals surface area (Å²) in [4.78, 5) is 45.4. The third kappa shape index (κ3) is 8.76. The van der Waals surface area contributed by atoms with Crippen molar-refractivity contribution in [2.45, 2.75) is 57.1 Å². The van der Waals surface area contributed by atoms with E-state index >= 15 is 8.78 Å². The summed E-state index contributed by atoms with van der Waals surface area (Å²) in [7, 11) is 0. The number of likely N-dealkylation sites (tertiary alicyclic amines) is 1. The molecule has 3 saturated heterocycles. The van der Waals surface area contributed by atoms with Crippen molar-refractivity contribution in [1.29, 1.82) is 0 Å². The van der Waals surface area contributed by atoms with Crippen LogP contribution in [0, 0.1) is 23.5 Å². The molecule has 3 amide bonds. The van der Waals surface area contributed by atoms with Gasteiger partial charge in [0, 0.05) is 70.0 Å². The highest BCUT2D eigenvalue weighted by Crippen LogP contribution is 2.41. The molecule has 280 valence electrons. The van der Waals surface area contributed by atoms with Gasteiger partial charge in [0.05, 0.1) is 31.0 Å². The van der Waals surface area contributed by atoms with Crippen LogP contribution in [0.15, 0.2) is 54.7 Å². The van der Waals surface area contributed by atoms with Crippen LogP contribution in [-0.4, -0.2) is 103 Å². The van der Waals surface area contributed by atoms with Gasteiger partial charge in [0.25, 0.3) is 5.91 Å². The van der Waals surface area contributed by atoms with E-state index in [1.807, 2.05) is 34.9 Å². The molecular formula is C37H45F3N6O6. The van der Waals surface area contributed by atoms with Crippen LogP contribution in [0.1, 0.15) is 43.6 Å². The Kier molecular flexibility index (Phi) is 12.5. The zero-order valence-corrected chi connectivity index (χ0v) is 29.1. The number of carbonyl (C=O) groups excluding carboxylic acids is 3. The molecule has 0 aliphatic carbocycles. The van der Waals surface area contributed by atoms with E-state index in [0.29, 0.717) is 51.4 Å². The molecule has 1 aromatic heterocycles. The molecule has 1 unspecified atom stereocenters. The number of rotatable bonds is 14. The summed E-state index contributed by atoms with van der Waals surface area (Å²) in [5, 5.41) is 8.34. The molecule has 3 aliphatic rings. The molecular weight excluding hydrogens is 681 g/mol. The Labute approximate surface area is 300 Å². The van der Waals surface area contributed by atoms with Crippen molar-refractivity contribution in [2.24, 2.45) is 11.8 Å². The number of amides is 3. The number of nitrogens with zero attached hydrogens (tertiary/aromatic N) is 3. The largest absolute Gasteiger partial charge is 0.434 e. The number of carbonyl (C=O) groups is 3. The first-order chi connectivity index (χ1) is 25.2. The first-order valence-electron chi connectivity index (χ1n) is 17.8. The predicted molar refractivity (Wildman–Crippen MR) is 184 cm³/mol. The molecule has 3 N–H and O–H groups in total. The number of benzene rings is 2. The Hall–Kier alpha value is -4.47. The average molecular weight is 727 g/mol. The fourth-order valence-electron chi connectivity index (χ4n) is 7.25. The summed E-state index contributed by atoms with van der Waals surface area (Å²) in [6.07, 6.45) is -0.362. The molecule has 4 heterocycles. The van der Waals surface area contributed by atoms with E-state index in [1.165, 1.54) is 0 Å². The van der Waals surface area contributed by atoms with Crippen molar-refractivity contribution in [3.05, 3.63) is 77.8 Å². The number of piperidine rings is 1. The molecule has 0 saturated carbocycles. The van der Waals surface area contributed by atoms with Gasteiger partial charge in [-0.05, 0) is 42.5 Å². The normalized spacial score (nSPS) is 22.5. The SMILES string of the molecule is CCC(=O)NCCOCCNC(=O)OC1C(=O)N([C@@H](c2nc(-c3cc(F)ccc3F)cn2Cc2ccccc2)C2CCOCC2)C[C@@H]2[C@@H]1NC[C@@H]2F. The maximum Gasteiger partial charge on any atom is 0.408 e. The number of hydrogen-bond donors (Lipinski definition) is 3. The highest BCUT2D eigenvalue weighted by atomic mass is 19.1. The summed E-state index contributed by atoms with van der Waals surface area (Å²) >= 11 is 0. The molecule has 5 atom stereocenters. The zero-order chi connectivity index (χ0) is 36.6. The van der Waals surface area contributed by atoms with Crippen LogP contribution in [-0.2, 0) is 30.3 Å². The van der Waals surface area contributed by atoms with E-state index in [2.05, 4.69) is 16.0 Å². The number of fused-ring (bicyclic) bond motifs is 1. The molecule has 0 radical (unpaired) electrons. The van der Waals surface area contributed by atoms with Crippen LogP contribution in [0.2, 0.25) is 0 Å². The number of imidazole rings is 1. The lowest BCUT2D eigenvalue weighted by Crippen LogP contribution is -2.62. The van der Waals surface area contributed by atoms with E-state index < -0.39 is 53.9 Å². The zero-order valence-electron chi connectivity index (χ0n) is 29.1. The Morgan fingerprint density at radius 3 is 2.58 bits per heavy atom. The van der Waals surface area contributed by atoms with E-state index in [1.54, 1.807) is 18.0 Å². The average Bonchev–Trinajstić information content (AvgIpc) is 3.73. The number of hydrogen-bond acceptors (Lipinski definition) is 8. The number of alkyl halides is 1. The van der Waals surface area contributed by atoms with Crippen LogP contribution in [0.25, 0.3) is 11.3 Å². The van der Waals surface area contributed by atoms with Crippen LogP contribution in [0.3, 0.4) is 0 Å². The summed E-state index contributed by atoms with van der Waals surface area (Å²) in [6, 6.07) is 11.2. The standard InChI is InChI=1S/C37H45F3N6O6/c1-2-31(47)41-12-16-51-17-13-42-37(49)52-34-32-27(29(40)19-43-32)21-46(36(34)48)33(24-10-14-50-15-11-24)35-44-30(26-18-25(38)8-9-28(26)39)22-45(35)20-23-6-4-3-5-7-23/h3-9,18,22,24,27,29,32-34,43H,2,10-17,19-21H2,1H3,(H,41,47)(H,42,49)/t27-,29-,32-,33+,34?/m0/s1. The van der Waals surface area contributed by atoms with Gasteiger partial charge in [-0.1, -0.05) is 37.3 Å². The van der Waals surface area contributed by atoms with Crippen molar-refractivity contribution in [1.82, 2.24) is 30.4 Å². The number of halogens is 3. The van der Waals surface area contributed by atoms with Crippen molar-refractivity contribution in [3.63, 3.8) is 0 Å². The fraction of sp³-hybridized carbons (Fsp3) is 0.514. The van der Waals surface area contributed by atoms with E-state index in [4.69, 9.17) is 19.2 Å². The minimum absolute atomic E-state index is 0.00604. The Morgan fingerprint density at radius 1 is 1.08 bits per heavy atom. The molecule has 0 bridgehead atoms. The molecule has 3 aromatic rings. The highest BCUT2D eigenvalue weighted by molar-refractivity contribution is 5.86. The van der Waals surface area contributed by atoms with Crippen LogP contribution >= 0.6 is 0 Å². The first-order valence-corrected chi connectivity index (χ1v) is 17.8. The monoisotopic (exact) mass is 726 g/mol. The molecule has 52 heavy (non-hydrogen) atoms. The minimum atomic E-state index is -1.34. The van der Waals surface area contributed by atoms with Crippen LogP contribution in [0.5, 0.6) is 0 Å². The minimum Gasteiger partial charge on any atom is -0.434 e. The summed E-state index contributed by atoms with van der Waals surface area (Å²) in [5.74, 6) is -2.31. The second-order valence-electron chi connectivity index (χ2n) is 13.3. The Morgan fingerprint density at radius 2 is 1.83 bits per heavy atom. The van der Waals surface area contributed by atoms with Crippen molar-refractivity contribution < 1.29 is 41.8 Å². The van der Waals surface area contributed by atoms with E-state index in [0.717, 1.165) is 23.8 Å². The maximum absolute atomic E-state index is 15.6. The van der Waals surface area contributed by atoms with Crippen molar-refractivity contribution in [2.75, 3.05) is 52.6 Å². The fourth-order valence-corrected chi connectivity index (χ4v) is 7.25. The molecule has 0 spiro atoms. The Bertz CT molecular complexity index is 1690. The predicted octanol–water partition coefficient (Wildman–Crippen LogP) is 3.75. The van der Waals surface area contributed by atoms with Gasteiger partial charge < -0.3 is 39.6 Å². The molecule has 2 aromatic carbocycles. The molecule has 12 nitrogen and oxygen atoms in total. The van der Waals surface area contributed by atoms with Crippen molar-refractivity contribution >= 4 is 17.9 Å². The van der Waals surface area contributed by atoms with Gasteiger partial charge in [-0.15, -0.1) is 0 Å². The first kappa shape index (κ1) is 37.3. The summed E-state index contributed by atoms with van der Waals surface area (Å²) in [5.41, 5.74) is 1.08. The molecule has 6 rings (SSSR count). The van der Waals surface area contributed by atoms with Gasteiger partial charge in [-0.25, -0.2) is 22.9 Å². The van der Waals surface area contributed by atoms with Gasteiger partial charge in [-0.2, -0.15) is 0 Å². The molecule has 15 heteroatoms. The second-order valence-corrected chi connectivity index (χ2v) is 13.3. The summed E-state index contributed by atoms with van der Waals surface area (Å²) < 4.78 is 63.8. The van der Waals surface area contributed by atoms with E-state index in [-0.39, 0.29) is 55.9 Å². The third-order valence-corrected chi connectivity index (χ3v) is 9.89. The van der Waals surface area contributed by atoms with Gasteiger partial charge >= 0.3 is 6.09 Å². The Balaban J connectivity index is 1.29. The lowest BCUT2D eigenvalue weighted by Gasteiger charge is -2.45. The van der Waals surface area contributed by atoms with Crippen LogP contribution < -0.4 is 16.0 Å². The third-order valence-electron chi connectivity index (χ3n) is 9.89. The number of aromatic nitrogens is 2. The smallest absolute Gasteiger partial charge is 0.408 e. The summed E-state index contributed by atoms with van der Waals surface area (Å²) in [6.45, 7) is 3.77. The number of ether oxygens (including phenoxy) is 3. The molecule has 3 fully saturated rings. The number of alkyl carbamates (subject to hydrolysis) is 1. The van der Waals surface area contributed by atoms with Gasteiger partial charge in [0.2, 0.25) is 5.91 Å². The maximum atomic E-state index is 15.6. The van der Waals surface area contributed by atoms with E-state index in [9.17, 15) is 18.8 Å². The van der Waals surface area contributed by atoms with Gasteiger partial charge in [-0.3, -0.25) is 9.59 Å². The lowest BCUT2D eigenvalue weighted by molar-refractivity contribution is -0.155. The topological polar surface area (TPSA) is 136 Å². The van der Waals surface area contributed by atoms with Crippen LogP contribution in [0.4, 0.5) is 18.0 Å². The second kappa shape index (κ2) is 17.4. The molecule has 3 aliphatic heterocycles.